The lowest BCUT2D eigenvalue weighted by atomic mass is 10.1. The summed E-state index contributed by atoms with van der Waals surface area (Å²) in [5.74, 6) is 0. The molecule has 1 heteroatoms. The second kappa shape index (κ2) is 8.60. The number of hydrogen-bond donors (Lipinski definition) is 0. The molecule has 0 aliphatic rings. The summed E-state index contributed by atoms with van der Waals surface area (Å²) in [4.78, 5) is 0. The Balaban J connectivity index is 2.00. The van der Waals surface area contributed by atoms with E-state index in [0.29, 0.717) is 0 Å². The summed E-state index contributed by atoms with van der Waals surface area (Å²) in [6, 6.07) is 28.8. The summed E-state index contributed by atoms with van der Waals surface area (Å²) < 4.78 is 0. The first kappa shape index (κ1) is 17.4. The molecular weight excluding hydrogens is 319 g/mol. The van der Waals surface area contributed by atoms with Crippen LogP contribution in [0.15, 0.2) is 104 Å². The van der Waals surface area contributed by atoms with E-state index in [4.69, 9.17) is 0 Å². The number of hydrogen-bond acceptors (Lipinski definition) is 0. The zero-order valence-corrected chi connectivity index (χ0v) is 15.3. The fourth-order valence-corrected chi connectivity index (χ4v) is 5.18. The molecule has 0 heterocycles. The Morgan fingerprint density at radius 1 is 0.560 bits per heavy atom. The zero-order valence-electron chi connectivity index (χ0n) is 14.4. The van der Waals surface area contributed by atoms with Gasteiger partial charge in [0.25, 0.3) is 0 Å². The lowest BCUT2D eigenvalue weighted by Crippen LogP contribution is -2.20. The summed E-state index contributed by atoms with van der Waals surface area (Å²) in [7, 11) is -0.541. The summed E-state index contributed by atoms with van der Waals surface area (Å²) >= 11 is 0. The van der Waals surface area contributed by atoms with Gasteiger partial charge in [-0.3, -0.25) is 0 Å². The van der Waals surface area contributed by atoms with Crippen molar-refractivity contribution >= 4 is 23.8 Å². The number of allylic oxidation sites excluding steroid dienone is 2. The van der Waals surface area contributed by atoms with E-state index < -0.39 is 7.92 Å². The smallest absolute Gasteiger partial charge is 0.0100 e. The molecule has 0 saturated carbocycles. The molecule has 0 aliphatic heterocycles. The summed E-state index contributed by atoms with van der Waals surface area (Å²) in [5.41, 5.74) is 2.62. The third-order valence-corrected chi connectivity index (χ3v) is 6.61. The van der Waals surface area contributed by atoms with E-state index >= 15 is 0 Å². The van der Waals surface area contributed by atoms with Crippen LogP contribution in [0.4, 0.5) is 0 Å². The molecule has 0 unspecified atom stereocenters. The highest BCUT2D eigenvalue weighted by Gasteiger charge is 2.16. The van der Waals surface area contributed by atoms with E-state index in [-0.39, 0.29) is 0 Å². The molecule has 0 atom stereocenters. The number of rotatable bonds is 7. The molecule has 0 bridgehead atoms. The molecule has 0 aromatic heterocycles. The van der Waals surface area contributed by atoms with E-state index in [9.17, 15) is 0 Å². The minimum absolute atomic E-state index is 0.541. The second-order valence-corrected chi connectivity index (χ2v) is 8.21. The monoisotopic (exact) mass is 342 g/mol. The van der Waals surface area contributed by atoms with Crippen molar-refractivity contribution in [3.63, 3.8) is 0 Å². The average Bonchev–Trinajstić information content (AvgIpc) is 2.66. The van der Waals surface area contributed by atoms with E-state index in [0.717, 1.165) is 12.8 Å². The van der Waals surface area contributed by atoms with Crippen LogP contribution in [0.1, 0.15) is 11.1 Å². The Kier molecular flexibility index (Phi) is 5.99. The van der Waals surface area contributed by atoms with Gasteiger partial charge in [-0.2, -0.15) is 0 Å². The van der Waals surface area contributed by atoms with Crippen LogP contribution in [0, 0.1) is 0 Å². The van der Waals surface area contributed by atoms with Crippen LogP contribution >= 0.6 is 7.92 Å². The zero-order chi connectivity index (χ0) is 17.5. The first-order chi connectivity index (χ1) is 12.3. The normalized spacial score (nSPS) is 10.6. The van der Waals surface area contributed by atoms with Gasteiger partial charge >= 0.3 is 0 Å². The van der Waals surface area contributed by atoms with Gasteiger partial charge in [0.2, 0.25) is 0 Å². The molecule has 3 rings (SSSR count). The fourth-order valence-electron chi connectivity index (χ4n) is 2.92. The van der Waals surface area contributed by atoms with Crippen molar-refractivity contribution in [2.24, 2.45) is 0 Å². The maximum atomic E-state index is 3.83. The van der Waals surface area contributed by atoms with Crippen molar-refractivity contribution in [2.75, 3.05) is 0 Å². The lowest BCUT2D eigenvalue weighted by molar-refractivity contribution is 1.28. The minimum Gasteiger partial charge on any atom is -0.103 e. The summed E-state index contributed by atoms with van der Waals surface area (Å²) in [5, 5.41) is 4.14. The van der Waals surface area contributed by atoms with Gasteiger partial charge in [-0.15, -0.1) is 13.2 Å². The second-order valence-electron chi connectivity index (χ2n) is 5.99. The standard InChI is InChI=1S/C24H23P/c1-3-8-20-12-16-23(17-13-20)25(22-10-6-5-7-11-22)24-18-14-21(9-4-2)15-19-24/h3-7,10-19H,1-2,8-9H2. The average molecular weight is 342 g/mol. The molecule has 0 amide bonds. The van der Waals surface area contributed by atoms with Gasteiger partial charge in [-0.05, 0) is 47.8 Å². The van der Waals surface area contributed by atoms with Crippen molar-refractivity contribution in [3.05, 3.63) is 115 Å². The molecule has 124 valence electrons. The molecule has 0 radical (unpaired) electrons. The van der Waals surface area contributed by atoms with Gasteiger partial charge in [0.1, 0.15) is 0 Å². The van der Waals surface area contributed by atoms with Crippen LogP contribution in [-0.2, 0) is 12.8 Å². The van der Waals surface area contributed by atoms with Crippen LogP contribution < -0.4 is 15.9 Å². The molecular formula is C24H23P. The number of benzene rings is 3. The van der Waals surface area contributed by atoms with Crippen molar-refractivity contribution in [1.29, 1.82) is 0 Å². The van der Waals surface area contributed by atoms with E-state index in [1.807, 2.05) is 12.2 Å². The Morgan fingerprint density at radius 2 is 0.960 bits per heavy atom. The maximum absolute atomic E-state index is 3.83. The van der Waals surface area contributed by atoms with Gasteiger partial charge in [-0.25, -0.2) is 0 Å². The first-order valence-corrected chi connectivity index (χ1v) is 9.91. The van der Waals surface area contributed by atoms with Crippen molar-refractivity contribution in [2.45, 2.75) is 12.8 Å². The Morgan fingerprint density at radius 3 is 1.36 bits per heavy atom. The highest BCUT2D eigenvalue weighted by Crippen LogP contribution is 2.32. The van der Waals surface area contributed by atoms with E-state index in [2.05, 4.69) is 92.0 Å². The topological polar surface area (TPSA) is 0 Å². The van der Waals surface area contributed by atoms with Gasteiger partial charge in [0.05, 0.1) is 0 Å². The molecule has 25 heavy (non-hydrogen) atoms. The summed E-state index contributed by atoms with van der Waals surface area (Å²) in [6.07, 6.45) is 5.74. The van der Waals surface area contributed by atoms with Crippen molar-refractivity contribution in [1.82, 2.24) is 0 Å². The highest BCUT2D eigenvalue weighted by molar-refractivity contribution is 7.79. The Labute approximate surface area is 152 Å². The minimum atomic E-state index is -0.541. The molecule has 0 nitrogen and oxygen atoms in total. The molecule has 3 aromatic rings. The predicted molar refractivity (Wildman–Crippen MR) is 113 cm³/mol. The Hall–Kier alpha value is -2.43. The first-order valence-electron chi connectivity index (χ1n) is 8.56. The lowest BCUT2D eigenvalue weighted by Gasteiger charge is -2.20. The molecule has 0 spiro atoms. The molecule has 0 aliphatic carbocycles. The fraction of sp³-hybridized carbons (Fsp3) is 0.0833. The Bertz CT molecular complexity index is 761. The highest BCUT2D eigenvalue weighted by atomic mass is 31.1. The SMILES string of the molecule is C=CCc1ccc(P(c2ccccc2)c2ccc(CC=C)cc2)cc1. The third kappa shape index (κ3) is 4.35. The quantitative estimate of drug-likeness (QED) is 0.423. The molecule has 0 N–H and O–H groups in total. The van der Waals surface area contributed by atoms with Crippen LogP contribution in [-0.4, -0.2) is 0 Å². The molecule has 0 fully saturated rings. The summed E-state index contributed by atoms with van der Waals surface area (Å²) in [6.45, 7) is 7.66. The molecule has 0 saturated heterocycles. The van der Waals surface area contributed by atoms with Crippen molar-refractivity contribution in [3.8, 4) is 0 Å². The van der Waals surface area contributed by atoms with Gasteiger partial charge in [-0.1, -0.05) is 91.0 Å². The third-order valence-electron chi connectivity index (χ3n) is 4.16. The van der Waals surface area contributed by atoms with Crippen molar-refractivity contribution < 1.29 is 0 Å². The van der Waals surface area contributed by atoms with Crippen LogP contribution in [0.25, 0.3) is 0 Å². The largest absolute Gasteiger partial charge is 0.103 e. The van der Waals surface area contributed by atoms with Crippen LogP contribution in [0.5, 0.6) is 0 Å². The predicted octanol–water partition coefficient (Wildman–Crippen LogP) is 4.90. The van der Waals surface area contributed by atoms with Gasteiger partial charge < -0.3 is 0 Å². The van der Waals surface area contributed by atoms with E-state index in [1.54, 1.807) is 0 Å². The van der Waals surface area contributed by atoms with Gasteiger partial charge in [0.15, 0.2) is 0 Å². The van der Waals surface area contributed by atoms with Crippen LogP contribution in [0.3, 0.4) is 0 Å². The van der Waals surface area contributed by atoms with Crippen LogP contribution in [0.2, 0.25) is 0 Å². The maximum Gasteiger partial charge on any atom is -0.0100 e. The van der Waals surface area contributed by atoms with E-state index in [1.165, 1.54) is 27.0 Å². The molecule has 3 aromatic carbocycles. The van der Waals surface area contributed by atoms with Gasteiger partial charge in [0, 0.05) is 0 Å².